The second-order valence-corrected chi connectivity index (χ2v) is 7.17. The molecule has 0 radical (unpaired) electrons. The third-order valence-electron chi connectivity index (χ3n) is 4.56. The van der Waals surface area contributed by atoms with Gasteiger partial charge in [0.05, 0.1) is 19.4 Å². The van der Waals surface area contributed by atoms with Crippen LogP contribution in [0.3, 0.4) is 0 Å². The smallest absolute Gasteiger partial charge is 0.242 e. The van der Waals surface area contributed by atoms with E-state index in [1.54, 1.807) is 40.3 Å². The Morgan fingerprint density at radius 3 is 2.36 bits per heavy atom. The van der Waals surface area contributed by atoms with E-state index in [1.807, 2.05) is 20.8 Å². The summed E-state index contributed by atoms with van der Waals surface area (Å²) in [5.41, 5.74) is 0.815. The quantitative estimate of drug-likeness (QED) is 0.607. The highest BCUT2D eigenvalue weighted by Crippen LogP contribution is 2.14. The fourth-order valence-corrected chi connectivity index (χ4v) is 2.91. The summed E-state index contributed by atoms with van der Waals surface area (Å²) in [6.45, 7) is 6.48. The minimum Gasteiger partial charge on any atom is -0.467 e. The van der Waals surface area contributed by atoms with Gasteiger partial charge in [-0.05, 0) is 50.1 Å². The zero-order valence-electron chi connectivity index (χ0n) is 16.9. The molecule has 0 aliphatic rings. The first-order valence-electron chi connectivity index (χ1n) is 9.74. The first-order valence-corrected chi connectivity index (χ1v) is 9.74. The van der Waals surface area contributed by atoms with Crippen LogP contribution in [0, 0.1) is 5.82 Å². The molecule has 1 aromatic heterocycles. The minimum atomic E-state index is -0.319. The number of hydrogen-bond donors (Lipinski definition) is 0. The molecule has 28 heavy (non-hydrogen) atoms. The zero-order chi connectivity index (χ0) is 20.5. The van der Waals surface area contributed by atoms with Gasteiger partial charge in [0.1, 0.15) is 11.6 Å². The summed E-state index contributed by atoms with van der Waals surface area (Å²) in [4.78, 5) is 28.8. The Morgan fingerprint density at radius 1 is 1.07 bits per heavy atom. The molecule has 1 aromatic carbocycles. The van der Waals surface area contributed by atoms with E-state index in [1.165, 1.54) is 12.1 Å². The first-order chi connectivity index (χ1) is 13.4. The molecule has 152 valence electrons. The van der Waals surface area contributed by atoms with Crippen molar-refractivity contribution in [2.24, 2.45) is 0 Å². The zero-order valence-corrected chi connectivity index (χ0v) is 16.9. The van der Waals surface area contributed by atoms with E-state index < -0.39 is 0 Å². The summed E-state index contributed by atoms with van der Waals surface area (Å²) >= 11 is 0. The van der Waals surface area contributed by atoms with Gasteiger partial charge in [-0.25, -0.2) is 4.39 Å². The van der Waals surface area contributed by atoms with E-state index in [9.17, 15) is 14.0 Å². The lowest BCUT2D eigenvalue weighted by atomic mass is 10.2. The average Bonchev–Trinajstić information content (AvgIpc) is 3.18. The molecular weight excluding hydrogens is 359 g/mol. The maximum atomic E-state index is 13.2. The molecule has 1 heterocycles. The van der Waals surface area contributed by atoms with E-state index in [0.29, 0.717) is 18.7 Å². The van der Waals surface area contributed by atoms with E-state index in [4.69, 9.17) is 4.42 Å². The SMILES string of the molecule is CCCCC(=O)N(CC(=O)N(Cc1ccc(F)cc1)Cc1ccco1)C(C)C. The number of hydrogen-bond acceptors (Lipinski definition) is 3. The molecule has 0 saturated carbocycles. The van der Waals surface area contributed by atoms with Gasteiger partial charge in [0.15, 0.2) is 0 Å². The van der Waals surface area contributed by atoms with E-state index in [-0.39, 0.29) is 36.8 Å². The molecule has 2 aromatic rings. The number of nitrogens with zero attached hydrogens (tertiary/aromatic N) is 2. The van der Waals surface area contributed by atoms with Crippen molar-refractivity contribution in [1.82, 2.24) is 9.80 Å². The molecule has 2 amide bonds. The Balaban J connectivity index is 2.14. The van der Waals surface area contributed by atoms with Gasteiger partial charge in [-0.15, -0.1) is 0 Å². The molecule has 0 N–H and O–H groups in total. The molecule has 0 atom stereocenters. The van der Waals surface area contributed by atoms with Gasteiger partial charge in [0.2, 0.25) is 11.8 Å². The molecule has 0 saturated heterocycles. The van der Waals surface area contributed by atoms with Crippen molar-refractivity contribution in [1.29, 1.82) is 0 Å². The summed E-state index contributed by atoms with van der Waals surface area (Å²) < 4.78 is 18.6. The molecule has 2 rings (SSSR count). The number of halogens is 1. The molecular formula is C22H29FN2O3. The van der Waals surface area contributed by atoms with Gasteiger partial charge < -0.3 is 14.2 Å². The lowest BCUT2D eigenvalue weighted by molar-refractivity contribution is -0.142. The molecule has 0 fully saturated rings. The van der Waals surface area contributed by atoms with E-state index in [2.05, 4.69) is 0 Å². The van der Waals surface area contributed by atoms with Gasteiger partial charge in [-0.3, -0.25) is 9.59 Å². The van der Waals surface area contributed by atoms with Crippen LogP contribution in [0.4, 0.5) is 4.39 Å². The maximum absolute atomic E-state index is 13.2. The summed E-state index contributed by atoms with van der Waals surface area (Å²) in [6, 6.07) is 9.57. The third kappa shape index (κ3) is 6.51. The highest BCUT2D eigenvalue weighted by Gasteiger charge is 2.24. The van der Waals surface area contributed by atoms with Gasteiger partial charge in [0.25, 0.3) is 0 Å². The summed E-state index contributed by atoms with van der Waals surface area (Å²) in [5.74, 6) is 0.160. The van der Waals surface area contributed by atoms with Crippen molar-refractivity contribution in [2.45, 2.75) is 59.2 Å². The van der Waals surface area contributed by atoms with Crippen LogP contribution in [-0.2, 0) is 22.7 Å². The number of carbonyl (C=O) groups is 2. The molecule has 0 spiro atoms. The second-order valence-electron chi connectivity index (χ2n) is 7.17. The summed E-state index contributed by atoms with van der Waals surface area (Å²) in [5, 5.41) is 0. The van der Waals surface area contributed by atoms with Gasteiger partial charge in [0, 0.05) is 19.0 Å². The van der Waals surface area contributed by atoms with Crippen LogP contribution in [0.5, 0.6) is 0 Å². The summed E-state index contributed by atoms with van der Waals surface area (Å²) in [6.07, 6.45) is 3.74. The van der Waals surface area contributed by atoms with Crippen molar-refractivity contribution in [3.05, 3.63) is 59.8 Å². The van der Waals surface area contributed by atoms with Gasteiger partial charge in [-0.1, -0.05) is 25.5 Å². The van der Waals surface area contributed by atoms with E-state index >= 15 is 0 Å². The summed E-state index contributed by atoms with van der Waals surface area (Å²) in [7, 11) is 0. The topological polar surface area (TPSA) is 53.8 Å². The Hall–Kier alpha value is -2.63. The van der Waals surface area contributed by atoms with Crippen LogP contribution >= 0.6 is 0 Å². The Kier molecular flexibility index (Phi) is 8.23. The van der Waals surface area contributed by atoms with Gasteiger partial charge >= 0.3 is 0 Å². The first kappa shape index (κ1) is 21.7. The van der Waals surface area contributed by atoms with E-state index in [0.717, 1.165) is 18.4 Å². The standard InChI is InChI=1S/C22H29FN2O3/c1-4-5-8-21(26)25(17(2)3)16-22(27)24(15-20-7-6-13-28-20)14-18-9-11-19(23)12-10-18/h6-7,9-13,17H,4-5,8,14-16H2,1-3H3. The average molecular weight is 388 g/mol. The van der Waals surface area contributed by atoms with Crippen LogP contribution in [-0.4, -0.2) is 34.2 Å². The van der Waals surface area contributed by atoms with Crippen LogP contribution in [0.25, 0.3) is 0 Å². The Bertz CT molecular complexity index is 742. The van der Waals surface area contributed by atoms with Crippen molar-refractivity contribution in [2.75, 3.05) is 6.54 Å². The number of furan rings is 1. The predicted octanol–water partition coefficient (Wildman–Crippen LogP) is 4.37. The largest absolute Gasteiger partial charge is 0.467 e. The Morgan fingerprint density at radius 2 is 1.79 bits per heavy atom. The third-order valence-corrected chi connectivity index (χ3v) is 4.56. The van der Waals surface area contributed by atoms with Crippen molar-refractivity contribution >= 4 is 11.8 Å². The molecule has 5 nitrogen and oxygen atoms in total. The second kappa shape index (κ2) is 10.6. The number of amides is 2. The number of rotatable bonds is 10. The minimum absolute atomic E-state index is 0.00932. The molecule has 6 heteroatoms. The lowest BCUT2D eigenvalue weighted by Crippen LogP contribution is -2.45. The monoisotopic (exact) mass is 388 g/mol. The highest BCUT2D eigenvalue weighted by molar-refractivity contribution is 5.85. The fraction of sp³-hybridized carbons (Fsp3) is 0.455. The highest BCUT2D eigenvalue weighted by atomic mass is 19.1. The van der Waals surface area contributed by atoms with Crippen molar-refractivity contribution in [3.63, 3.8) is 0 Å². The number of benzene rings is 1. The molecule has 0 unspecified atom stereocenters. The normalized spacial score (nSPS) is 10.9. The van der Waals surface area contributed by atoms with Crippen LogP contribution in [0.2, 0.25) is 0 Å². The van der Waals surface area contributed by atoms with Crippen molar-refractivity contribution in [3.8, 4) is 0 Å². The number of carbonyl (C=O) groups excluding carboxylic acids is 2. The van der Waals surface area contributed by atoms with Crippen LogP contribution < -0.4 is 0 Å². The molecule has 0 bridgehead atoms. The number of unbranched alkanes of at least 4 members (excludes halogenated alkanes) is 1. The molecule has 0 aliphatic heterocycles. The lowest BCUT2D eigenvalue weighted by Gasteiger charge is -2.30. The predicted molar refractivity (Wildman–Crippen MR) is 106 cm³/mol. The van der Waals surface area contributed by atoms with Crippen molar-refractivity contribution < 1.29 is 18.4 Å². The Labute approximate surface area is 166 Å². The fourth-order valence-electron chi connectivity index (χ4n) is 2.91. The van der Waals surface area contributed by atoms with Gasteiger partial charge in [-0.2, -0.15) is 0 Å². The van der Waals surface area contributed by atoms with Crippen LogP contribution in [0.1, 0.15) is 51.4 Å². The van der Waals surface area contributed by atoms with Crippen LogP contribution in [0.15, 0.2) is 47.1 Å². The molecule has 0 aliphatic carbocycles. The maximum Gasteiger partial charge on any atom is 0.242 e.